The predicted octanol–water partition coefficient (Wildman–Crippen LogP) is 1.78. The maximum absolute atomic E-state index is 12.3. The molecule has 0 aromatic carbocycles. The van der Waals surface area contributed by atoms with Crippen molar-refractivity contribution in [3.8, 4) is 0 Å². The van der Waals surface area contributed by atoms with Crippen molar-refractivity contribution in [3.63, 3.8) is 0 Å². The number of pyridine rings is 1. The molecule has 1 fully saturated rings. The molecule has 0 atom stereocenters. The number of rotatable bonds is 5. The predicted molar refractivity (Wildman–Crippen MR) is 66.0 cm³/mol. The summed E-state index contributed by atoms with van der Waals surface area (Å²) < 4.78 is 0. The number of H-pyrrole nitrogens is 1. The van der Waals surface area contributed by atoms with Gasteiger partial charge in [0.2, 0.25) is 5.56 Å². The lowest BCUT2D eigenvalue weighted by atomic mass is 10.2. The van der Waals surface area contributed by atoms with E-state index in [0.717, 1.165) is 32.2 Å². The van der Waals surface area contributed by atoms with Crippen molar-refractivity contribution in [3.05, 3.63) is 34.2 Å². The van der Waals surface area contributed by atoms with Crippen LogP contribution in [0.2, 0.25) is 0 Å². The number of hydrogen-bond acceptors (Lipinski definition) is 2. The van der Waals surface area contributed by atoms with E-state index in [9.17, 15) is 9.59 Å². The van der Waals surface area contributed by atoms with Crippen LogP contribution in [-0.4, -0.2) is 28.4 Å². The summed E-state index contributed by atoms with van der Waals surface area (Å²) in [6.45, 7) is 2.91. The molecular formula is C13H18N2O2. The Hall–Kier alpha value is -1.58. The maximum atomic E-state index is 12.3. The Kier molecular flexibility index (Phi) is 3.61. The van der Waals surface area contributed by atoms with E-state index in [0.29, 0.717) is 11.6 Å². The third kappa shape index (κ3) is 2.96. The zero-order valence-corrected chi connectivity index (χ0v) is 10.1. The van der Waals surface area contributed by atoms with E-state index >= 15 is 0 Å². The highest BCUT2D eigenvalue weighted by atomic mass is 16.2. The van der Waals surface area contributed by atoms with Gasteiger partial charge in [0.25, 0.3) is 5.91 Å². The molecule has 1 amide bonds. The minimum atomic E-state index is -0.220. The molecule has 1 aromatic rings. The molecule has 4 nitrogen and oxygen atoms in total. The SMILES string of the molecule is CCCCN(C(=O)c1cc[nH]c(=O)c1)C1CC1. The van der Waals surface area contributed by atoms with Crippen molar-refractivity contribution in [2.75, 3.05) is 6.54 Å². The second-order valence-electron chi connectivity index (χ2n) is 4.52. The number of amides is 1. The van der Waals surface area contributed by atoms with E-state index in [2.05, 4.69) is 11.9 Å². The molecule has 92 valence electrons. The lowest BCUT2D eigenvalue weighted by Gasteiger charge is -2.22. The molecule has 2 rings (SSSR count). The standard InChI is InChI=1S/C13H18N2O2/c1-2-3-8-15(11-4-5-11)13(17)10-6-7-14-12(16)9-10/h6-7,9,11H,2-5,8H2,1H3,(H,14,16). The van der Waals surface area contributed by atoms with Gasteiger partial charge >= 0.3 is 0 Å². The summed E-state index contributed by atoms with van der Waals surface area (Å²) in [4.78, 5) is 27.9. The fourth-order valence-corrected chi connectivity index (χ4v) is 1.91. The highest BCUT2D eigenvalue weighted by molar-refractivity contribution is 5.94. The van der Waals surface area contributed by atoms with Gasteiger partial charge in [0.15, 0.2) is 0 Å². The minimum absolute atomic E-state index is 0.00736. The van der Waals surface area contributed by atoms with Crippen LogP contribution in [0.3, 0.4) is 0 Å². The summed E-state index contributed by atoms with van der Waals surface area (Å²) in [5.74, 6) is -0.00736. The van der Waals surface area contributed by atoms with Crippen molar-refractivity contribution in [2.45, 2.75) is 38.6 Å². The summed E-state index contributed by atoms with van der Waals surface area (Å²) >= 11 is 0. The van der Waals surface area contributed by atoms with Crippen LogP contribution < -0.4 is 5.56 Å². The van der Waals surface area contributed by atoms with Gasteiger partial charge in [0.1, 0.15) is 0 Å². The number of hydrogen-bond donors (Lipinski definition) is 1. The van der Waals surface area contributed by atoms with Gasteiger partial charge in [-0.15, -0.1) is 0 Å². The van der Waals surface area contributed by atoms with Crippen LogP contribution in [-0.2, 0) is 0 Å². The monoisotopic (exact) mass is 234 g/mol. The van der Waals surface area contributed by atoms with Crippen LogP contribution >= 0.6 is 0 Å². The van der Waals surface area contributed by atoms with Gasteiger partial charge in [-0.1, -0.05) is 13.3 Å². The zero-order chi connectivity index (χ0) is 12.3. The Morgan fingerprint density at radius 3 is 2.88 bits per heavy atom. The average molecular weight is 234 g/mol. The van der Waals surface area contributed by atoms with Crippen molar-refractivity contribution in [1.29, 1.82) is 0 Å². The van der Waals surface area contributed by atoms with Gasteiger partial charge in [0.05, 0.1) is 0 Å². The number of nitrogens with zero attached hydrogens (tertiary/aromatic N) is 1. The summed E-state index contributed by atoms with van der Waals surface area (Å²) in [6, 6.07) is 3.45. The van der Waals surface area contributed by atoms with Gasteiger partial charge in [0, 0.05) is 30.4 Å². The average Bonchev–Trinajstić information content (AvgIpc) is 3.14. The summed E-state index contributed by atoms with van der Waals surface area (Å²) in [6.07, 6.45) is 5.81. The molecule has 0 unspecified atom stereocenters. The fraction of sp³-hybridized carbons (Fsp3) is 0.538. The molecule has 1 aliphatic carbocycles. The van der Waals surface area contributed by atoms with E-state index in [4.69, 9.17) is 0 Å². The van der Waals surface area contributed by atoms with Gasteiger partial charge < -0.3 is 9.88 Å². The molecule has 0 bridgehead atoms. The summed E-state index contributed by atoms with van der Waals surface area (Å²) in [5, 5.41) is 0. The molecule has 0 spiro atoms. The van der Waals surface area contributed by atoms with Crippen molar-refractivity contribution in [1.82, 2.24) is 9.88 Å². The first kappa shape index (κ1) is 11.9. The summed E-state index contributed by atoms with van der Waals surface area (Å²) in [7, 11) is 0. The lowest BCUT2D eigenvalue weighted by molar-refractivity contribution is 0.0740. The maximum Gasteiger partial charge on any atom is 0.254 e. The molecule has 1 N–H and O–H groups in total. The number of unbranched alkanes of at least 4 members (excludes halogenated alkanes) is 1. The highest BCUT2D eigenvalue weighted by Gasteiger charge is 2.32. The Morgan fingerprint density at radius 1 is 1.53 bits per heavy atom. The molecule has 0 aliphatic heterocycles. The first-order valence-electron chi connectivity index (χ1n) is 6.22. The highest BCUT2D eigenvalue weighted by Crippen LogP contribution is 2.28. The van der Waals surface area contributed by atoms with E-state index in [-0.39, 0.29) is 11.5 Å². The molecule has 1 heterocycles. The first-order valence-corrected chi connectivity index (χ1v) is 6.22. The van der Waals surface area contributed by atoms with Gasteiger partial charge in [-0.2, -0.15) is 0 Å². The van der Waals surface area contributed by atoms with Crippen LogP contribution in [0.5, 0.6) is 0 Å². The molecule has 0 radical (unpaired) electrons. The quantitative estimate of drug-likeness (QED) is 0.844. The Bertz CT molecular complexity index is 449. The van der Waals surface area contributed by atoms with Gasteiger partial charge in [-0.3, -0.25) is 9.59 Å². The second-order valence-corrected chi connectivity index (χ2v) is 4.52. The number of carbonyl (C=O) groups is 1. The topological polar surface area (TPSA) is 53.2 Å². The fourth-order valence-electron chi connectivity index (χ4n) is 1.91. The number of aromatic nitrogens is 1. The van der Waals surface area contributed by atoms with Crippen molar-refractivity contribution < 1.29 is 4.79 Å². The normalized spacial score (nSPS) is 14.6. The van der Waals surface area contributed by atoms with Crippen LogP contribution in [0.1, 0.15) is 43.0 Å². The van der Waals surface area contributed by atoms with Crippen LogP contribution in [0.25, 0.3) is 0 Å². The molecule has 17 heavy (non-hydrogen) atoms. The second kappa shape index (κ2) is 5.17. The molecular weight excluding hydrogens is 216 g/mol. The van der Waals surface area contributed by atoms with Crippen LogP contribution in [0.15, 0.2) is 23.1 Å². The van der Waals surface area contributed by atoms with E-state index < -0.39 is 0 Å². The Labute approximate surface area is 101 Å². The molecule has 1 saturated carbocycles. The third-order valence-corrected chi connectivity index (χ3v) is 3.02. The molecule has 0 saturated heterocycles. The number of carbonyl (C=O) groups excluding carboxylic acids is 1. The Morgan fingerprint density at radius 2 is 2.29 bits per heavy atom. The van der Waals surface area contributed by atoms with E-state index in [1.165, 1.54) is 12.3 Å². The minimum Gasteiger partial charge on any atom is -0.336 e. The van der Waals surface area contributed by atoms with E-state index in [1.54, 1.807) is 6.07 Å². The zero-order valence-electron chi connectivity index (χ0n) is 10.1. The molecule has 1 aliphatic rings. The first-order chi connectivity index (χ1) is 8.22. The summed E-state index contributed by atoms with van der Waals surface area (Å²) in [5.41, 5.74) is 0.277. The van der Waals surface area contributed by atoms with Crippen molar-refractivity contribution in [2.24, 2.45) is 0 Å². The third-order valence-electron chi connectivity index (χ3n) is 3.02. The van der Waals surface area contributed by atoms with Crippen molar-refractivity contribution >= 4 is 5.91 Å². The Balaban J connectivity index is 2.12. The molecule has 4 heteroatoms. The largest absolute Gasteiger partial charge is 0.336 e. The smallest absolute Gasteiger partial charge is 0.254 e. The van der Waals surface area contributed by atoms with Gasteiger partial charge in [-0.05, 0) is 25.3 Å². The molecule has 1 aromatic heterocycles. The van der Waals surface area contributed by atoms with Crippen LogP contribution in [0, 0.1) is 0 Å². The number of aromatic amines is 1. The lowest BCUT2D eigenvalue weighted by Crippen LogP contribution is -2.34. The van der Waals surface area contributed by atoms with Gasteiger partial charge in [-0.25, -0.2) is 0 Å². The number of nitrogens with one attached hydrogen (secondary N) is 1. The van der Waals surface area contributed by atoms with Crippen LogP contribution in [0.4, 0.5) is 0 Å². The van der Waals surface area contributed by atoms with E-state index in [1.807, 2.05) is 4.90 Å².